The van der Waals surface area contributed by atoms with Crippen molar-refractivity contribution >= 4 is 11.6 Å². The summed E-state index contributed by atoms with van der Waals surface area (Å²) >= 11 is 5.97. The third-order valence-electron chi connectivity index (χ3n) is 3.34. The van der Waals surface area contributed by atoms with Crippen LogP contribution in [0.5, 0.6) is 11.5 Å². The zero-order valence-electron chi connectivity index (χ0n) is 10.9. The van der Waals surface area contributed by atoms with E-state index in [9.17, 15) is 9.50 Å². The molecule has 0 bridgehead atoms. The number of phenolic OH excluding ortho intramolecular Hbond substituents is 1. The van der Waals surface area contributed by atoms with Gasteiger partial charge in [-0.1, -0.05) is 11.6 Å². The average molecular weight is 289 g/mol. The molecular formula is C13H18ClFN2O2. The lowest BCUT2D eigenvalue weighted by atomic mass is 10.1. The Balaban J connectivity index is 2.13. The summed E-state index contributed by atoms with van der Waals surface area (Å²) in [6.07, 6.45) is 0.549. The second-order valence-corrected chi connectivity index (χ2v) is 4.92. The van der Waals surface area contributed by atoms with E-state index in [1.54, 1.807) is 0 Å². The maximum Gasteiger partial charge on any atom is 0.165 e. The van der Waals surface area contributed by atoms with E-state index in [0.717, 1.165) is 38.8 Å². The summed E-state index contributed by atoms with van der Waals surface area (Å²) in [7, 11) is 1.44. The molecule has 106 valence electrons. The Morgan fingerprint density at radius 2 is 2.16 bits per heavy atom. The molecule has 4 nitrogen and oxygen atoms in total. The van der Waals surface area contributed by atoms with Gasteiger partial charge in [0.1, 0.15) is 5.82 Å². The lowest BCUT2D eigenvalue weighted by molar-refractivity contribution is 0.242. The van der Waals surface area contributed by atoms with Crippen LogP contribution in [0.2, 0.25) is 5.02 Å². The first kappa shape index (κ1) is 14.4. The molecule has 0 aliphatic carbocycles. The Labute approximate surface area is 117 Å². The van der Waals surface area contributed by atoms with Gasteiger partial charge in [-0.15, -0.1) is 0 Å². The fourth-order valence-corrected chi connectivity index (χ4v) is 2.54. The molecule has 0 aromatic heterocycles. The molecule has 0 unspecified atom stereocenters. The number of hydrogen-bond acceptors (Lipinski definition) is 4. The zero-order valence-corrected chi connectivity index (χ0v) is 11.6. The van der Waals surface area contributed by atoms with Crippen molar-refractivity contribution in [1.29, 1.82) is 0 Å². The van der Waals surface area contributed by atoms with Gasteiger partial charge in [0, 0.05) is 44.4 Å². The molecule has 1 aliphatic rings. The standard InChI is InChI=1S/C13H18ClFN2O2/c1-19-13-9(12(14)10(15)8-11(13)18)2-5-17-6-3-16-4-7-17/h8,16,18H,2-7H2,1H3. The van der Waals surface area contributed by atoms with E-state index >= 15 is 0 Å². The van der Waals surface area contributed by atoms with E-state index in [4.69, 9.17) is 16.3 Å². The Hall–Kier alpha value is -1.04. The fourth-order valence-electron chi connectivity index (χ4n) is 2.30. The molecule has 1 aromatic carbocycles. The van der Waals surface area contributed by atoms with E-state index < -0.39 is 5.82 Å². The van der Waals surface area contributed by atoms with Gasteiger partial charge < -0.3 is 20.1 Å². The molecule has 0 atom stereocenters. The van der Waals surface area contributed by atoms with Crippen molar-refractivity contribution in [1.82, 2.24) is 10.2 Å². The van der Waals surface area contributed by atoms with Crippen molar-refractivity contribution in [3.8, 4) is 11.5 Å². The van der Waals surface area contributed by atoms with Gasteiger partial charge in [0.25, 0.3) is 0 Å². The van der Waals surface area contributed by atoms with Crippen molar-refractivity contribution in [2.24, 2.45) is 0 Å². The molecule has 0 spiro atoms. The van der Waals surface area contributed by atoms with Gasteiger partial charge >= 0.3 is 0 Å². The molecule has 19 heavy (non-hydrogen) atoms. The van der Waals surface area contributed by atoms with Gasteiger partial charge in [0.05, 0.1) is 12.1 Å². The Morgan fingerprint density at radius 3 is 2.79 bits per heavy atom. The highest BCUT2D eigenvalue weighted by molar-refractivity contribution is 6.31. The lowest BCUT2D eigenvalue weighted by Crippen LogP contribution is -2.44. The smallest absolute Gasteiger partial charge is 0.165 e. The molecule has 2 N–H and O–H groups in total. The number of ether oxygens (including phenoxy) is 1. The number of hydrogen-bond donors (Lipinski definition) is 2. The van der Waals surface area contributed by atoms with Crippen LogP contribution in [0.25, 0.3) is 0 Å². The summed E-state index contributed by atoms with van der Waals surface area (Å²) in [4.78, 5) is 2.27. The van der Waals surface area contributed by atoms with Crippen LogP contribution >= 0.6 is 11.6 Å². The molecular weight excluding hydrogens is 271 g/mol. The quantitative estimate of drug-likeness (QED) is 0.884. The number of nitrogens with one attached hydrogen (secondary N) is 1. The van der Waals surface area contributed by atoms with E-state index in [-0.39, 0.29) is 16.5 Å². The number of aromatic hydroxyl groups is 1. The number of halogens is 2. The van der Waals surface area contributed by atoms with E-state index in [0.29, 0.717) is 12.0 Å². The first-order chi connectivity index (χ1) is 9.13. The van der Waals surface area contributed by atoms with Crippen molar-refractivity contribution < 1.29 is 14.2 Å². The van der Waals surface area contributed by atoms with Crippen molar-refractivity contribution in [3.05, 3.63) is 22.5 Å². The number of benzene rings is 1. The summed E-state index contributed by atoms with van der Waals surface area (Å²) in [6.45, 7) is 4.60. The topological polar surface area (TPSA) is 44.7 Å². The predicted octanol–water partition coefficient (Wildman–Crippen LogP) is 1.64. The first-order valence-electron chi connectivity index (χ1n) is 6.30. The molecule has 1 aliphatic heterocycles. The summed E-state index contributed by atoms with van der Waals surface area (Å²) < 4.78 is 18.7. The van der Waals surface area contributed by atoms with E-state index in [1.807, 2.05) is 0 Å². The summed E-state index contributed by atoms with van der Waals surface area (Å²) in [6, 6.07) is 0.982. The van der Waals surface area contributed by atoms with Crippen molar-refractivity contribution in [2.45, 2.75) is 6.42 Å². The number of rotatable bonds is 4. The minimum atomic E-state index is -0.615. The van der Waals surface area contributed by atoms with Crippen LogP contribution in [0.4, 0.5) is 4.39 Å². The van der Waals surface area contributed by atoms with Crippen LogP contribution in [0.3, 0.4) is 0 Å². The average Bonchev–Trinajstić information content (AvgIpc) is 2.42. The maximum atomic E-state index is 13.6. The molecule has 1 aromatic rings. The minimum Gasteiger partial charge on any atom is -0.504 e. The summed E-state index contributed by atoms with van der Waals surface area (Å²) in [5.74, 6) is -0.559. The molecule has 1 fully saturated rings. The van der Waals surface area contributed by atoms with Crippen molar-refractivity contribution in [2.75, 3.05) is 39.8 Å². The SMILES string of the molecule is COc1c(O)cc(F)c(Cl)c1CCN1CCNCC1. The van der Waals surface area contributed by atoms with Gasteiger partial charge in [0.2, 0.25) is 0 Å². The fraction of sp³-hybridized carbons (Fsp3) is 0.538. The Morgan fingerprint density at radius 1 is 1.47 bits per heavy atom. The molecule has 2 rings (SSSR count). The number of methoxy groups -OCH3 is 1. The third kappa shape index (κ3) is 3.29. The maximum absolute atomic E-state index is 13.6. The molecule has 6 heteroatoms. The molecule has 1 saturated heterocycles. The van der Waals surface area contributed by atoms with Crippen LogP contribution in [0, 0.1) is 5.82 Å². The molecule has 0 amide bonds. The normalized spacial score (nSPS) is 16.6. The monoisotopic (exact) mass is 288 g/mol. The number of piperazine rings is 1. The van der Waals surface area contributed by atoms with Crippen LogP contribution in [-0.4, -0.2) is 49.8 Å². The molecule has 0 saturated carbocycles. The van der Waals surface area contributed by atoms with Gasteiger partial charge in [-0.3, -0.25) is 0 Å². The van der Waals surface area contributed by atoms with Gasteiger partial charge in [0.15, 0.2) is 11.5 Å². The van der Waals surface area contributed by atoms with E-state index in [2.05, 4.69) is 10.2 Å². The largest absolute Gasteiger partial charge is 0.504 e. The highest BCUT2D eigenvalue weighted by atomic mass is 35.5. The van der Waals surface area contributed by atoms with E-state index in [1.165, 1.54) is 7.11 Å². The number of nitrogens with zero attached hydrogens (tertiary/aromatic N) is 1. The summed E-state index contributed by atoms with van der Waals surface area (Å²) in [5, 5.41) is 13.0. The van der Waals surface area contributed by atoms with Gasteiger partial charge in [-0.2, -0.15) is 0 Å². The lowest BCUT2D eigenvalue weighted by Gasteiger charge is -2.27. The summed E-state index contributed by atoms with van der Waals surface area (Å²) in [5.41, 5.74) is 0.528. The predicted molar refractivity (Wildman–Crippen MR) is 72.6 cm³/mol. The molecule has 0 radical (unpaired) electrons. The van der Waals surface area contributed by atoms with Crippen LogP contribution in [0.1, 0.15) is 5.56 Å². The Bertz CT molecular complexity index is 451. The molecule has 1 heterocycles. The third-order valence-corrected chi connectivity index (χ3v) is 3.75. The minimum absolute atomic E-state index is 0.0322. The second-order valence-electron chi connectivity index (χ2n) is 4.54. The number of phenols is 1. The highest BCUT2D eigenvalue weighted by Crippen LogP contribution is 2.37. The van der Waals surface area contributed by atoms with Crippen LogP contribution in [0.15, 0.2) is 6.07 Å². The highest BCUT2D eigenvalue weighted by Gasteiger charge is 2.19. The van der Waals surface area contributed by atoms with Crippen molar-refractivity contribution in [3.63, 3.8) is 0 Å². The first-order valence-corrected chi connectivity index (χ1v) is 6.68. The van der Waals surface area contributed by atoms with Gasteiger partial charge in [-0.25, -0.2) is 4.39 Å². The van der Waals surface area contributed by atoms with Crippen LogP contribution < -0.4 is 10.1 Å². The zero-order chi connectivity index (χ0) is 13.8. The Kier molecular flexibility index (Phi) is 4.85. The second kappa shape index (κ2) is 6.41. The van der Waals surface area contributed by atoms with Crippen LogP contribution in [-0.2, 0) is 6.42 Å². The van der Waals surface area contributed by atoms with Gasteiger partial charge in [-0.05, 0) is 6.42 Å².